The van der Waals surface area contributed by atoms with Crippen LogP contribution in [0.1, 0.15) is 29.7 Å². The molecule has 4 nitrogen and oxygen atoms in total. The molecule has 2 aromatic rings. The van der Waals surface area contributed by atoms with Crippen LogP contribution < -0.4 is 5.32 Å². The molecule has 106 valence electrons. The SMILES string of the molecule is FC1(F)CNC(c2nc(Cc3ccccc3Cl)no2)C1. The van der Waals surface area contributed by atoms with Gasteiger partial charge in [-0.25, -0.2) is 8.78 Å². The standard InChI is InChI=1S/C13H12ClF2N3O/c14-9-4-2-1-3-8(9)5-11-18-12(20-19-11)10-6-13(15,16)7-17-10/h1-4,10,17H,5-7H2. The van der Waals surface area contributed by atoms with Crippen molar-refractivity contribution in [2.75, 3.05) is 6.54 Å². The highest BCUT2D eigenvalue weighted by molar-refractivity contribution is 6.31. The van der Waals surface area contributed by atoms with Gasteiger partial charge in [0.05, 0.1) is 12.6 Å². The average Bonchev–Trinajstić information content (AvgIpc) is 2.99. The van der Waals surface area contributed by atoms with Gasteiger partial charge in [-0.05, 0) is 11.6 Å². The molecule has 0 bridgehead atoms. The van der Waals surface area contributed by atoms with Gasteiger partial charge in [-0.2, -0.15) is 4.98 Å². The van der Waals surface area contributed by atoms with E-state index in [2.05, 4.69) is 15.5 Å². The molecular formula is C13H12ClF2N3O. The van der Waals surface area contributed by atoms with Crippen LogP contribution in [-0.2, 0) is 6.42 Å². The van der Waals surface area contributed by atoms with Crippen LogP contribution in [0.4, 0.5) is 8.78 Å². The van der Waals surface area contributed by atoms with Gasteiger partial charge in [-0.1, -0.05) is 35.0 Å². The summed E-state index contributed by atoms with van der Waals surface area (Å²) in [6, 6.07) is 6.74. The Morgan fingerprint density at radius 3 is 2.90 bits per heavy atom. The van der Waals surface area contributed by atoms with Crippen LogP contribution in [0.2, 0.25) is 5.02 Å². The van der Waals surface area contributed by atoms with Crippen LogP contribution >= 0.6 is 11.6 Å². The fraction of sp³-hybridized carbons (Fsp3) is 0.385. The molecule has 1 aromatic carbocycles. The third-order valence-electron chi connectivity index (χ3n) is 3.20. The molecule has 0 spiro atoms. The molecule has 1 N–H and O–H groups in total. The van der Waals surface area contributed by atoms with E-state index < -0.39 is 12.0 Å². The summed E-state index contributed by atoms with van der Waals surface area (Å²) < 4.78 is 31.3. The molecule has 0 radical (unpaired) electrons. The molecular weight excluding hydrogens is 288 g/mol. The molecule has 1 saturated heterocycles. The molecule has 2 heterocycles. The number of alkyl halides is 2. The van der Waals surface area contributed by atoms with Gasteiger partial charge in [0.1, 0.15) is 0 Å². The molecule has 1 aliphatic heterocycles. The zero-order valence-corrected chi connectivity index (χ0v) is 11.2. The summed E-state index contributed by atoms with van der Waals surface area (Å²) >= 11 is 6.05. The third-order valence-corrected chi connectivity index (χ3v) is 3.57. The predicted molar refractivity (Wildman–Crippen MR) is 68.9 cm³/mol. The van der Waals surface area contributed by atoms with Crippen LogP contribution in [0, 0.1) is 0 Å². The number of nitrogens with one attached hydrogen (secondary N) is 1. The first-order valence-corrected chi connectivity index (χ1v) is 6.58. The van der Waals surface area contributed by atoms with Crippen LogP contribution in [-0.4, -0.2) is 22.6 Å². The largest absolute Gasteiger partial charge is 0.338 e. The molecule has 3 rings (SSSR count). The molecule has 1 unspecified atom stereocenters. The van der Waals surface area contributed by atoms with Crippen molar-refractivity contribution < 1.29 is 13.3 Å². The van der Waals surface area contributed by atoms with Crippen LogP contribution in [0.3, 0.4) is 0 Å². The second-order valence-corrected chi connectivity index (χ2v) is 5.22. The maximum Gasteiger partial charge on any atom is 0.262 e. The Balaban J connectivity index is 1.73. The molecule has 0 amide bonds. The van der Waals surface area contributed by atoms with Crippen molar-refractivity contribution in [3.63, 3.8) is 0 Å². The summed E-state index contributed by atoms with van der Waals surface area (Å²) in [4.78, 5) is 4.16. The van der Waals surface area contributed by atoms with E-state index in [1.807, 2.05) is 18.2 Å². The van der Waals surface area contributed by atoms with E-state index in [-0.39, 0.29) is 18.9 Å². The van der Waals surface area contributed by atoms with Gasteiger partial charge in [0.2, 0.25) is 5.89 Å². The van der Waals surface area contributed by atoms with Gasteiger partial charge in [0.15, 0.2) is 5.82 Å². The highest BCUT2D eigenvalue weighted by atomic mass is 35.5. The molecule has 1 aromatic heterocycles. The molecule has 20 heavy (non-hydrogen) atoms. The highest BCUT2D eigenvalue weighted by Gasteiger charge is 2.42. The Kier molecular flexibility index (Phi) is 3.43. The Labute approximate surface area is 119 Å². The quantitative estimate of drug-likeness (QED) is 0.946. The van der Waals surface area contributed by atoms with Crippen molar-refractivity contribution in [1.29, 1.82) is 0 Å². The average molecular weight is 300 g/mol. The van der Waals surface area contributed by atoms with Gasteiger partial charge in [-0.3, -0.25) is 5.32 Å². The Morgan fingerprint density at radius 2 is 2.20 bits per heavy atom. The minimum absolute atomic E-state index is 0.198. The van der Waals surface area contributed by atoms with Crippen molar-refractivity contribution in [1.82, 2.24) is 15.5 Å². The summed E-state index contributed by atoms with van der Waals surface area (Å²) in [5.74, 6) is -2.09. The van der Waals surface area contributed by atoms with Gasteiger partial charge >= 0.3 is 0 Å². The summed E-state index contributed by atoms with van der Waals surface area (Å²) in [5, 5.41) is 7.11. The van der Waals surface area contributed by atoms with Crippen molar-refractivity contribution >= 4 is 11.6 Å². The van der Waals surface area contributed by atoms with Crippen LogP contribution in [0.5, 0.6) is 0 Å². The fourth-order valence-electron chi connectivity index (χ4n) is 2.18. The highest BCUT2D eigenvalue weighted by Crippen LogP contribution is 2.33. The normalized spacial score (nSPS) is 21.2. The van der Waals surface area contributed by atoms with E-state index in [9.17, 15) is 8.78 Å². The third kappa shape index (κ3) is 2.81. The first-order chi connectivity index (χ1) is 9.53. The number of benzene rings is 1. The minimum Gasteiger partial charge on any atom is -0.338 e. The van der Waals surface area contributed by atoms with Crippen molar-refractivity contribution in [2.45, 2.75) is 24.8 Å². The second-order valence-electron chi connectivity index (χ2n) is 4.81. The first kappa shape index (κ1) is 13.5. The molecule has 7 heteroatoms. The Morgan fingerprint density at radius 1 is 1.40 bits per heavy atom. The van der Waals surface area contributed by atoms with Crippen molar-refractivity contribution in [3.05, 3.63) is 46.6 Å². The van der Waals surface area contributed by atoms with Crippen molar-refractivity contribution in [2.24, 2.45) is 0 Å². The maximum absolute atomic E-state index is 13.1. The van der Waals surface area contributed by atoms with Gasteiger partial charge in [-0.15, -0.1) is 0 Å². The monoisotopic (exact) mass is 299 g/mol. The minimum atomic E-state index is -2.72. The topological polar surface area (TPSA) is 51.0 Å². The lowest BCUT2D eigenvalue weighted by Crippen LogP contribution is -2.19. The van der Waals surface area contributed by atoms with Gasteiger partial charge in [0.25, 0.3) is 5.92 Å². The van der Waals surface area contributed by atoms with E-state index in [4.69, 9.17) is 16.1 Å². The maximum atomic E-state index is 13.1. The molecule has 0 aliphatic carbocycles. The number of hydrogen-bond donors (Lipinski definition) is 1. The van der Waals surface area contributed by atoms with Crippen LogP contribution in [0.25, 0.3) is 0 Å². The molecule has 1 aliphatic rings. The predicted octanol–water partition coefficient (Wildman–Crippen LogP) is 2.98. The lowest BCUT2D eigenvalue weighted by molar-refractivity contribution is 0.0200. The zero-order chi connectivity index (χ0) is 14.2. The van der Waals surface area contributed by atoms with E-state index in [1.165, 1.54) is 0 Å². The van der Waals surface area contributed by atoms with E-state index >= 15 is 0 Å². The Bertz CT molecular complexity index is 617. The smallest absolute Gasteiger partial charge is 0.262 e. The molecule has 1 atom stereocenters. The van der Waals surface area contributed by atoms with Gasteiger partial charge < -0.3 is 4.52 Å². The zero-order valence-electron chi connectivity index (χ0n) is 10.4. The van der Waals surface area contributed by atoms with Crippen LogP contribution in [0.15, 0.2) is 28.8 Å². The van der Waals surface area contributed by atoms with Gasteiger partial charge in [0, 0.05) is 17.9 Å². The summed E-state index contributed by atoms with van der Waals surface area (Å²) in [7, 11) is 0. The summed E-state index contributed by atoms with van der Waals surface area (Å²) in [6.07, 6.45) is 0.0903. The van der Waals surface area contributed by atoms with Crippen molar-refractivity contribution in [3.8, 4) is 0 Å². The lowest BCUT2D eigenvalue weighted by atomic mass is 10.1. The molecule has 1 fully saturated rings. The number of nitrogens with zero attached hydrogens (tertiary/aromatic N) is 2. The lowest BCUT2D eigenvalue weighted by Gasteiger charge is -2.04. The van der Waals surface area contributed by atoms with E-state index in [0.717, 1.165) is 5.56 Å². The number of aromatic nitrogens is 2. The number of hydrogen-bond acceptors (Lipinski definition) is 4. The first-order valence-electron chi connectivity index (χ1n) is 6.21. The second kappa shape index (κ2) is 5.10. The van der Waals surface area contributed by atoms with E-state index in [1.54, 1.807) is 6.07 Å². The summed E-state index contributed by atoms with van der Waals surface area (Å²) in [6.45, 7) is -0.361. The Hall–Kier alpha value is -1.53. The van der Waals surface area contributed by atoms with E-state index in [0.29, 0.717) is 17.3 Å². The number of halogens is 3. The number of rotatable bonds is 3. The summed E-state index contributed by atoms with van der Waals surface area (Å²) in [5.41, 5.74) is 0.867. The molecule has 0 saturated carbocycles. The fourth-order valence-corrected chi connectivity index (χ4v) is 2.39.